The molecule has 2 heterocycles. The zero-order valence-electron chi connectivity index (χ0n) is 16.1. The average molecular weight is 381 g/mol. The molecule has 3 amide bonds. The van der Waals surface area contributed by atoms with Crippen LogP contribution in [0.3, 0.4) is 0 Å². The first-order chi connectivity index (χ1) is 13.3. The molecule has 0 saturated carbocycles. The van der Waals surface area contributed by atoms with Crippen LogP contribution in [0.1, 0.15) is 41.9 Å². The highest BCUT2D eigenvalue weighted by atomic mass is 16.2. The molecule has 0 saturated heterocycles. The van der Waals surface area contributed by atoms with Crippen molar-refractivity contribution in [1.29, 1.82) is 0 Å². The maximum absolute atomic E-state index is 12.4. The molecule has 0 fully saturated rings. The van der Waals surface area contributed by atoms with Crippen LogP contribution in [0.15, 0.2) is 36.5 Å². The van der Waals surface area contributed by atoms with Gasteiger partial charge in [0.2, 0.25) is 11.8 Å². The summed E-state index contributed by atoms with van der Waals surface area (Å²) in [6.07, 6.45) is 3.56. The van der Waals surface area contributed by atoms with E-state index in [0.717, 1.165) is 22.5 Å². The molecule has 8 heteroatoms. The minimum Gasteiger partial charge on any atom is -0.311 e. The number of hydrogen-bond acceptors (Lipinski definition) is 4. The van der Waals surface area contributed by atoms with E-state index in [4.69, 9.17) is 0 Å². The minimum absolute atomic E-state index is 0.00846. The molecule has 2 N–H and O–H groups in total. The van der Waals surface area contributed by atoms with Gasteiger partial charge in [-0.3, -0.25) is 29.9 Å². The number of hydrazine groups is 1. The molecule has 28 heavy (non-hydrogen) atoms. The molecular weight excluding hydrogens is 358 g/mol. The molecule has 1 atom stereocenters. The van der Waals surface area contributed by atoms with E-state index in [9.17, 15) is 14.4 Å². The monoisotopic (exact) mass is 381 g/mol. The third-order valence-corrected chi connectivity index (χ3v) is 4.59. The topological polar surface area (TPSA) is 96.3 Å². The van der Waals surface area contributed by atoms with Crippen molar-refractivity contribution in [3.05, 3.63) is 59.0 Å². The second-order valence-corrected chi connectivity index (χ2v) is 6.77. The van der Waals surface area contributed by atoms with E-state index in [2.05, 4.69) is 16.0 Å². The van der Waals surface area contributed by atoms with E-state index < -0.39 is 6.04 Å². The molecule has 1 unspecified atom stereocenters. The maximum atomic E-state index is 12.4. The maximum Gasteiger partial charge on any atom is 0.260 e. The Hall–Kier alpha value is -3.42. The number of carbonyl (C=O) groups excluding carboxylic acids is 3. The fourth-order valence-electron chi connectivity index (χ4n) is 3.29. The summed E-state index contributed by atoms with van der Waals surface area (Å²) in [7, 11) is 0. The number of aryl methyl sites for hydroxylation is 2. The van der Waals surface area contributed by atoms with Crippen LogP contribution in [0.25, 0.3) is 6.08 Å². The van der Waals surface area contributed by atoms with Gasteiger partial charge >= 0.3 is 0 Å². The van der Waals surface area contributed by atoms with E-state index >= 15 is 0 Å². The Labute approximate surface area is 163 Å². The fraction of sp³-hybridized carbons (Fsp3) is 0.300. The number of rotatable bonds is 4. The van der Waals surface area contributed by atoms with Crippen molar-refractivity contribution < 1.29 is 14.4 Å². The molecular formula is C20H23N5O3. The van der Waals surface area contributed by atoms with Gasteiger partial charge < -0.3 is 4.90 Å². The lowest BCUT2D eigenvalue weighted by Crippen LogP contribution is -2.45. The SMILES string of the molecule is CC(=O)N1C=Cc2ccccc2C1CC(=O)NNC(=O)Cn1nc(C)cc1C. The smallest absolute Gasteiger partial charge is 0.260 e. The summed E-state index contributed by atoms with van der Waals surface area (Å²) in [5, 5.41) is 4.22. The first kappa shape index (κ1) is 19.3. The molecule has 0 spiro atoms. The highest BCUT2D eigenvalue weighted by molar-refractivity contribution is 5.84. The summed E-state index contributed by atoms with van der Waals surface area (Å²) in [6.45, 7) is 5.17. The third kappa shape index (κ3) is 4.28. The number of fused-ring (bicyclic) bond motifs is 1. The Morgan fingerprint density at radius 1 is 1.11 bits per heavy atom. The Morgan fingerprint density at radius 3 is 2.50 bits per heavy atom. The lowest BCUT2D eigenvalue weighted by molar-refractivity contribution is -0.132. The first-order valence-electron chi connectivity index (χ1n) is 9.00. The molecule has 1 aliphatic rings. The number of nitrogens with zero attached hydrogens (tertiary/aromatic N) is 3. The van der Waals surface area contributed by atoms with Crippen LogP contribution >= 0.6 is 0 Å². The summed E-state index contributed by atoms with van der Waals surface area (Å²) in [4.78, 5) is 38.0. The summed E-state index contributed by atoms with van der Waals surface area (Å²) >= 11 is 0. The van der Waals surface area contributed by atoms with Gasteiger partial charge in [-0.15, -0.1) is 0 Å². The molecule has 1 aliphatic heterocycles. The van der Waals surface area contributed by atoms with Gasteiger partial charge in [0, 0.05) is 18.8 Å². The summed E-state index contributed by atoms with van der Waals surface area (Å²) in [5.74, 6) is -0.924. The molecule has 1 aromatic heterocycles. The number of amides is 3. The summed E-state index contributed by atoms with van der Waals surface area (Å²) in [6, 6.07) is 9.06. The molecule has 146 valence electrons. The second kappa shape index (κ2) is 8.08. The number of carbonyl (C=O) groups is 3. The van der Waals surface area contributed by atoms with E-state index in [-0.39, 0.29) is 30.7 Å². The number of benzene rings is 1. The Bertz CT molecular complexity index is 947. The largest absolute Gasteiger partial charge is 0.311 e. The highest BCUT2D eigenvalue weighted by Gasteiger charge is 2.28. The van der Waals surface area contributed by atoms with Crippen molar-refractivity contribution in [1.82, 2.24) is 25.5 Å². The Kier molecular flexibility index (Phi) is 5.58. The third-order valence-electron chi connectivity index (χ3n) is 4.59. The van der Waals surface area contributed by atoms with Crippen molar-refractivity contribution in [2.24, 2.45) is 0 Å². The normalized spacial score (nSPS) is 15.1. The average Bonchev–Trinajstić information content (AvgIpc) is 2.97. The molecule has 1 aromatic carbocycles. The van der Waals surface area contributed by atoms with E-state index in [1.54, 1.807) is 10.9 Å². The Balaban J connectivity index is 1.61. The molecule has 3 rings (SSSR count). The van der Waals surface area contributed by atoms with Crippen LogP contribution in [0.4, 0.5) is 0 Å². The standard InChI is InChI=1S/C20H23N5O3/c1-13-10-14(2)25(23-13)12-20(28)22-21-19(27)11-18-17-7-5-4-6-16(17)8-9-24(18)15(3)26/h4-10,18H,11-12H2,1-3H3,(H,21,27)(H,22,28). The molecule has 0 radical (unpaired) electrons. The van der Waals surface area contributed by atoms with Gasteiger partial charge in [0.25, 0.3) is 5.91 Å². The van der Waals surface area contributed by atoms with Gasteiger partial charge in [-0.05, 0) is 37.1 Å². The molecule has 8 nitrogen and oxygen atoms in total. The first-order valence-corrected chi connectivity index (χ1v) is 9.00. The van der Waals surface area contributed by atoms with Crippen molar-refractivity contribution in [2.75, 3.05) is 0 Å². The van der Waals surface area contributed by atoms with E-state index in [1.165, 1.54) is 11.8 Å². The molecule has 0 bridgehead atoms. The van der Waals surface area contributed by atoms with E-state index in [0.29, 0.717) is 0 Å². The van der Waals surface area contributed by atoms with Gasteiger partial charge in [0.1, 0.15) is 6.54 Å². The predicted molar refractivity (Wildman–Crippen MR) is 103 cm³/mol. The Morgan fingerprint density at radius 2 is 1.82 bits per heavy atom. The fourth-order valence-corrected chi connectivity index (χ4v) is 3.29. The van der Waals surface area contributed by atoms with Crippen LogP contribution in [0.2, 0.25) is 0 Å². The minimum atomic E-state index is -0.424. The highest BCUT2D eigenvalue weighted by Crippen LogP contribution is 2.32. The molecule has 2 aromatic rings. The van der Waals surface area contributed by atoms with Gasteiger partial charge in [-0.25, -0.2) is 0 Å². The van der Waals surface area contributed by atoms with E-state index in [1.807, 2.05) is 50.3 Å². The van der Waals surface area contributed by atoms with Crippen molar-refractivity contribution >= 4 is 23.8 Å². The lowest BCUT2D eigenvalue weighted by atomic mass is 9.93. The number of hydrogen-bond donors (Lipinski definition) is 2. The van der Waals surface area contributed by atoms with Gasteiger partial charge in [0.15, 0.2) is 0 Å². The van der Waals surface area contributed by atoms with Crippen LogP contribution in [-0.2, 0) is 20.9 Å². The second-order valence-electron chi connectivity index (χ2n) is 6.77. The summed E-state index contributed by atoms with van der Waals surface area (Å²) < 4.78 is 1.57. The van der Waals surface area contributed by atoms with Crippen molar-refractivity contribution in [3.63, 3.8) is 0 Å². The zero-order valence-corrected chi connectivity index (χ0v) is 16.1. The van der Waals surface area contributed by atoms with Crippen molar-refractivity contribution in [2.45, 2.75) is 39.8 Å². The molecule has 0 aliphatic carbocycles. The van der Waals surface area contributed by atoms with Gasteiger partial charge in [-0.2, -0.15) is 5.10 Å². The van der Waals surface area contributed by atoms with Crippen LogP contribution in [0.5, 0.6) is 0 Å². The lowest BCUT2D eigenvalue weighted by Gasteiger charge is -2.32. The van der Waals surface area contributed by atoms with Crippen LogP contribution in [0, 0.1) is 13.8 Å². The van der Waals surface area contributed by atoms with Crippen LogP contribution < -0.4 is 10.9 Å². The zero-order chi connectivity index (χ0) is 20.3. The summed E-state index contributed by atoms with van der Waals surface area (Å²) in [5.41, 5.74) is 8.37. The van der Waals surface area contributed by atoms with Gasteiger partial charge in [0.05, 0.1) is 18.2 Å². The predicted octanol–water partition coefficient (Wildman–Crippen LogP) is 1.61. The van der Waals surface area contributed by atoms with Crippen molar-refractivity contribution in [3.8, 4) is 0 Å². The number of aromatic nitrogens is 2. The van der Waals surface area contributed by atoms with Gasteiger partial charge in [-0.1, -0.05) is 24.3 Å². The quantitative estimate of drug-likeness (QED) is 0.787. The number of nitrogens with one attached hydrogen (secondary N) is 2. The van der Waals surface area contributed by atoms with Crippen LogP contribution in [-0.4, -0.2) is 32.4 Å².